The molecule has 1 aromatic carbocycles. The van der Waals surface area contributed by atoms with Crippen LogP contribution in [0.15, 0.2) is 58.7 Å². The van der Waals surface area contributed by atoms with E-state index in [2.05, 4.69) is 45.2 Å². The summed E-state index contributed by atoms with van der Waals surface area (Å²) in [7, 11) is 0. The minimum Gasteiger partial charge on any atom is -0.393 e. The molecule has 2 fully saturated rings. The monoisotopic (exact) mass is 519 g/mol. The van der Waals surface area contributed by atoms with Crippen molar-refractivity contribution in [3.05, 3.63) is 64.3 Å². The maximum Gasteiger partial charge on any atom is 0.160 e. The van der Waals surface area contributed by atoms with E-state index in [0.717, 1.165) is 24.1 Å². The molecule has 2 N–H and O–H groups in total. The highest BCUT2D eigenvalue weighted by Crippen LogP contribution is 2.62. The number of fused-ring (bicyclic) bond motifs is 3. The van der Waals surface area contributed by atoms with Gasteiger partial charge in [-0.05, 0) is 97.8 Å². The summed E-state index contributed by atoms with van der Waals surface area (Å²) in [4.78, 5) is 11.7. The van der Waals surface area contributed by atoms with Crippen LogP contribution in [0.2, 0.25) is 0 Å². The molecule has 4 unspecified atom stereocenters. The topological polar surface area (TPSA) is 67.8 Å². The number of Topliss-reactive ketones (excluding diaryl/α,β-unsaturated/α-hetero) is 1. The molecule has 1 saturated heterocycles. The molecule has 1 aromatic rings. The molecular formula is C33H45NO4. The van der Waals surface area contributed by atoms with Crippen LogP contribution in [0.3, 0.4) is 0 Å². The number of anilines is 1. The molecule has 1 heterocycles. The number of ether oxygens (including phenoxy) is 2. The highest BCUT2D eigenvalue weighted by molar-refractivity contribution is 5.94. The van der Waals surface area contributed by atoms with E-state index in [0.29, 0.717) is 31.9 Å². The second-order valence-electron chi connectivity index (χ2n) is 12.7. The predicted octanol–water partition coefficient (Wildman–Crippen LogP) is 6.99. The summed E-state index contributed by atoms with van der Waals surface area (Å²) in [5, 5.41) is 13.9. The summed E-state index contributed by atoms with van der Waals surface area (Å²) < 4.78 is 12.8. The van der Waals surface area contributed by atoms with E-state index in [-0.39, 0.29) is 35.1 Å². The molecule has 5 nitrogen and oxygen atoms in total. The zero-order valence-electron chi connectivity index (χ0n) is 23.8. The van der Waals surface area contributed by atoms with Gasteiger partial charge in [0.2, 0.25) is 0 Å². The minimum atomic E-state index is -0.372. The number of benzene rings is 1. The Morgan fingerprint density at radius 2 is 1.92 bits per heavy atom. The maximum atomic E-state index is 11.7. The van der Waals surface area contributed by atoms with Gasteiger partial charge in [0.25, 0.3) is 0 Å². The third-order valence-electron chi connectivity index (χ3n) is 9.64. The second kappa shape index (κ2) is 10.7. The first-order valence-electron chi connectivity index (χ1n) is 14.5. The fourth-order valence-electron chi connectivity index (χ4n) is 7.06. The van der Waals surface area contributed by atoms with E-state index < -0.39 is 0 Å². The zero-order chi connectivity index (χ0) is 27.1. The Kier molecular flexibility index (Phi) is 7.74. The molecule has 5 heteroatoms. The van der Waals surface area contributed by atoms with Crippen LogP contribution in [0.1, 0.15) is 89.9 Å². The maximum absolute atomic E-state index is 11.7. The number of rotatable bonds is 7. The Balaban J connectivity index is 1.46. The minimum absolute atomic E-state index is 0.0363. The van der Waals surface area contributed by atoms with Crippen LogP contribution < -0.4 is 5.32 Å². The molecule has 4 aliphatic rings. The predicted molar refractivity (Wildman–Crippen MR) is 152 cm³/mol. The van der Waals surface area contributed by atoms with E-state index in [9.17, 15) is 9.90 Å². The van der Waals surface area contributed by atoms with Gasteiger partial charge in [0, 0.05) is 29.6 Å². The first-order chi connectivity index (χ1) is 18.1. The third kappa shape index (κ3) is 5.30. The van der Waals surface area contributed by atoms with E-state index in [1.165, 1.54) is 30.4 Å². The fourth-order valence-corrected chi connectivity index (χ4v) is 7.06. The molecule has 1 aliphatic heterocycles. The Hall–Kier alpha value is -2.21. The Labute approximate surface area is 228 Å². The number of ketones is 1. The van der Waals surface area contributed by atoms with Gasteiger partial charge in [-0.2, -0.15) is 0 Å². The van der Waals surface area contributed by atoms with Gasteiger partial charge in [0.05, 0.1) is 18.8 Å². The van der Waals surface area contributed by atoms with Crippen molar-refractivity contribution in [1.29, 1.82) is 0 Å². The first-order valence-corrected chi connectivity index (χ1v) is 14.5. The van der Waals surface area contributed by atoms with Gasteiger partial charge in [-0.3, -0.25) is 4.79 Å². The van der Waals surface area contributed by atoms with Crippen molar-refractivity contribution in [2.75, 3.05) is 18.5 Å². The van der Waals surface area contributed by atoms with Gasteiger partial charge in [-0.15, -0.1) is 0 Å². The summed E-state index contributed by atoms with van der Waals surface area (Å²) in [6.07, 6.45) is 10.7. The summed E-state index contributed by atoms with van der Waals surface area (Å²) >= 11 is 0. The standard InChI is InChI=1S/C33H45NO4/c1-21(2)27-12-14-32(4)15-16-33(5)28(31(27)32)11-6-23(18-29(33)38-30-19-26(36)13-17-37-30)20-34-25-9-7-24(8-10-25)22(3)35/h6-11,21,26,29-30,34,36H,12-20H2,1-5H3/t26?,29?,30?,32?,33-/m1/s1. The van der Waals surface area contributed by atoms with E-state index >= 15 is 0 Å². The van der Waals surface area contributed by atoms with Crippen molar-refractivity contribution in [3.8, 4) is 0 Å². The van der Waals surface area contributed by atoms with Gasteiger partial charge in [0.1, 0.15) is 0 Å². The van der Waals surface area contributed by atoms with Crippen LogP contribution in [0.5, 0.6) is 0 Å². The van der Waals surface area contributed by atoms with Gasteiger partial charge >= 0.3 is 0 Å². The highest BCUT2D eigenvalue weighted by atomic mass is 16.7. The average Bonchev–Trinajstić information content (AvgIpc) is 3.17. The molecule has 0 spiro atoms. The number of hydrogen-bond acceptors (Lipinski definition) is 5. The van der Waals surface area contributed by atoms with E-state index in [1.807, 2.05) is 24.3 Å². The van der Waals surface area contributed by atoms with Crippen molar-refractivity contribution < 1.29 is 19.4 Å². The molecule has 0 bridgehead atoms. The first kappa shape index (κ1) is 27.4. The van der Waals surface area contributed by atoms with Crippen molar-refractivity contribution >= 4 is 11.5 Å². The summed E-state index contributed by atoms with van der Waals surface area (Å²) in [6, 6.07) is 7.70. The molecule has 206 valence electrons. The van der Waals surface area contributed by atoms with E-state index in [1.54, 1.807) is 18.1 Å². The normalized spacial score (nSPS) is 33.3. The fraction of sp³-hybridized carbons (Fsp3) is 0.606. The smallest absolute Gasteiger partial charge is 0.160 e. The Morgan fingerprint density at radius 3 is 2.61 bits per heavy atom. The van der Waals surface area contributed by atoms with Crippen LogP contribution in [0.4, 0.5) is 5.69 Å². The lowest BCUT2D eigenvalue weighted by atomic mass is 9.57. The van der Waals surface area contributed by atoms with Crippen molar-refractivity contribution in [1.82, 2.24) is 0 Å². The van der Waals surface area contributed by atoms with Crippen molar-refractivity contribution in [2.24, 2.45) is 16.7 Å². The van der Waals surface area contributed by atoms with Crippen LogP contribution in [-0.2, 0) is 9.47 Å². The number of hydrogen-bond donors (Lipinski definition) is 2. The van der Waals surface area contributed by atoms with Crippen LogP contribution in [0, 0.1) is 16.7 Å². The summed E-state index contributed by atoms with van der Waals surface area (Å²) in [5.41, 5.74) is 7.79. The second-order valence-corrected chi connectivity index (χ2v) is 12.7. The largest absolute Gasteiger partial charge is 0.393 e. The van der Waals surface area contributed by atoms with Gasteiger partial charge < -0.3 is 19.9 Å². The Morgan fingerprint density at radius 1 is 1.16 bits per heavy atom. The number of nitrogens with one attached hydrogen (secondary N) is 1. The SMILES string of the molecule is CC(=O)c1ccc(NCC2=CC=C3C4=C(C(C)C)CCC4(C)CC[C@@]3(C)C(OC3CC(O)CCO3)C2)cc1. The lowest BCUT2D eigenvalue weighted by Gasteiger charge is -2.50. The van der Waals surface area contributed by atoms with Gasteiger partial charge in [0.15, 0.2) is 12.1 Å². The quantitative estimate of drug-likeness (QED) is 0.380. The molecule has 0 aromatic heterocycles. The molecule has 3 aliphatic carbocycles. The molecule has 0 radical (unpaired) electrons. The summed E-state index contributed by atoms with van der Waals surface area (Å²) in [5.74, 6) is 0.618. The number of aliphatic hydroxyl groups excluding tert-OH is 1. The lowest BCUT2D eigenvalue weighted by Crippen LogP contribution is -2.46. The molecule has 5 rings (SSSR count). The van der Waals surface area contributed by atoms with Crippen molar-refractivity contribution in [2.45, 2.75) is 98.1 Å². The summed E-state index contributed by atoms with van der Waals surface area (Å²) in [6.45, 7) is 12.4. The van der Waals surface area contributed by atoms with Crippen molar-refractivity contribution in [3.63, 3.8) is 0 Å². The van der Waals surface area contributed by atoms with Crippen LogP contribution in [0.25, 0.3) is 0 Å². The molecule has 0 amide bonds. The number of aliphatic hydroxyl groups is 1. The van der Waals surface area contributed by atoms with Gasteiger partial charge in [-0.1, -0.05) is 45.4 Å². The molecular weight excluding hydrogens is 474 g/mol. The molecule has 1 saturated carbocycles. The lowest BCUT2D eigenvalue weighted by molar-refractivity contribution is -0.223. The van der Waals surface area contributed by atoms with E-state index in [4.69, 9.17) is 9.47 Å². The highest BCUT2D eigenvalue weighted by Gasteiger charge is 2.52. The zero-order valence-corrected chi connectivity index (χ0v) is 23.8. The molecule has 38 heavy (non-hydrogen) atoms. The average molecular weight is 520 g/mol. The van der Waals surface area contributed by atoms with Crippen LogP contribution in [-0.4, -0.2) is 42.5 Å². The Bertz CT molecular complexity index is 1150. The number of carbonyl (C=O) groups is 1. The number of allylic oxidation sites excluding steroid dienone is 4. The molecule has 5 atom stereocenters. The van der Waals surface area contributed by atoms with Gasteiger partial charge in [-0.25, -0.2) is 0 Å². The number of carbonyl (C=O) groups excluding carboxylic acids is 1. The van der Waals surface area contributed by atoms with Crippen LogP contribution >= 0.6 is 0 Å². The third-order valence-corrected chi connectivity index (χ3v) is 9.64.